The van der Waals surface area contributed by atoms with E-state index in [4.69, 9.17) is 14.2 Å². The zero-order chi connectivity index (χ0) is 20.2. The van der Waals surface area contributed by atoms with Gasteiger partial charge in [0.15, 0.2) is 0 Å². The van der Waals surface area contributed by atoms with Crippen molar-refractivity contribution in [2.75, 3.05) is 46.9 Å². The van der Waals surface area contributed by atoms with Gasteiger partial charge in [0, 0.05) is 25.2 Å². The Labute approximate surface area is 181 Å². The standard InChI is InChI=1S/C23H40N4O3/c1-25-9-4-3-6-17(25)15-12-16-21(26(2)13-15)22-23(30-22)27-14-19-18(28-10-11-29-19)7-5-8-20(27)24-16/h15-24H,3-14H2,1-2H3. The molecule has 0 saturated carbocycles. The van der Waals surface area contributed by atoms with E-state index in [0.29, 0.717) is 24.4 Å². The Morgan fingerprint density at radius 3 is 2.60 bits per heavy atom. The van der Waals surface area contributed by atoms with Gasteiger partial charge >= 0.3 is 0 Å². The average Bonchev–Trinajstić information content (AvgIpc) is 3.51. The van der Waals surface area contributed by atoms with Crippen LogP contribution in [0.2, 0.25) is 0 Å². The van der Waals surface area contributed by atoms with Crippen LogP contribution in [0.1, 0.15) is 44.9 Å². The zero-order valence-corrected chi connectivity index (χ0v) is 18.7. The molecule has 0 spiro atoms. The van der Waals surface area contributed by atoms with Gasteiger partial charge in [-0.25, -0.2) is 0 Å². The first kappa shape index (κ1) is 20.3. The van der Waals surface area contributed by atoms with E-state index in [1.807, 2.05) is 0 Å². The van der Waals surface area contributed by atoms with E-state index >= 15 is 0 Å². The number of fused-ring (bicyclic) bond motifs is 6. The largest absolute Gasteiger partial charge is 0.373 e. The van der Waals surface area contributed by atoms with Crippen molar-refractivity contribution >= 4 is 0 Å². The summed E-state index contributed by atoms with van der Waals surface area (Å²) < 4.78 is 18.6. The number of nitrogens with zero attached hydrogens (tertiary/aromatic N) is 3. The van der Waals surface area contributed by atoms with Gasteiger partial charge in [-0.15, -0.1) is 0 Å². The Morgan fingerprint density at radius 2 is 1.73 bits per heavy atom. The molecule has 6 rings (SSSR count). The maximum absolute atomic E-state index is 6.38. The number of likely N-dealkylation sites (tertiary alicyclic amines) is 2. The lowest BCUT2D eigenvalue weighted by Crippen LogP contribution is -2.62. The quantitative estimate of drug-likeness (QED) is 0.637. The number of hydrogen-bond acceptors (Lipinski definition) is 7. The summed E-state index contributed by atoms with van der Waals surface area (Å²) in [7, 11) is 4.68. The van der Waals surface area contributed by atoms with Gasteiger partial charge < -0.3 is 19.1 Å². The Hall–Kier alpha value is -0.280. The van der Waals surface area contributed by atoms with Crippen molar-refractivity contribution in [1.82, 2.24) is 20.0 Å². The van der Waals surface area contributed by atoms with E-state index in [-0.39, 0.29) is 18.4 Å². The molecule has 0 aromatic carbocycles. The molecule has 0 aromatic rings. The molecule has 6 fully saturated rings. The minimum Gasteiger partial charge on any atom is -0.373 e. The summed E-state index contributed by atoms with van der Waals surface area (Å²) in [6.45, 7) is 4.88. The molecule has 6 aliphatic heterocycles. The third-order valence-electron chi connectivity index (χ3n) is 8.86. The van der Waals surface area contributed by atoms with Crippen molar-refractivity contribution in [3.8, 4) is 0 Å². The fraction of sp³-hybridized carbons (Fsp3) is 1.00. The fourth-order valence-corrected chi connectivity index (χ4v) is 7.37. The van der Waals surface area contributed by atoms with E-state index in [1.54, 1.807) is 0 Å². The summed E-state index contributed by atoms with van der Waals surface area (Å²) in [5, 5.41) is 4.15. The highest BCUT2D eigenvalue weighted by molar-refractivity contribution is 5.09. The highest BCUT2D eigenvalue weighted by Gasteiger charge is 2.59. The van der Waals surface area contributed by atoms with Crippen LogP contribution in [0.3, 0.4) is 0 Å². The number of hydrogen-bond donors (Lipinski definition) is 1. The van der Waals surface area contributed by atoms with Crippen molar-refractivity contribution in [3.63, 3.8) is 0 Å². The number of piperidine rings is 2. The molecule has 9 unspecified atom stereocenters. The zero-order valence-electron chi connectivity index (χ0n) is 18.7. The highest BCUT2D eigenvalue weighted by atomic mass is 16.6. The topological polar surface area (TPSA) is 52.7 Å². The predicted octanol–water partition coefficient (Wildman–Crippen LogP) is 1.08. The molecular weight excluding hydrogens is 380 g/mol. The number of rotatable bonds is 1. The first-order valence-corrected chi connectivity index (χ1v) is 12.5. The maximum atomic E-state index is 6.38. The number of likely N-dealkylation sites (N-methyl/N-ethyl adjacent to an activating group) is 1. The van der Waals surface area contributed by atoms with Crippen molar-refractivity contribution in [1.29, 1.82) is 0 Å². The van der Waals surface area contributed by atoms with Crippen LogP contribution in [0, 0.1) is 5.92 Å². The smallest absolute Gasteiger partial charge is 0.140 e. The molecule has 0 bridgehead atoms. The Kier molecular flexibility index (Phi) is 5.59. The molecule has 30 heavy (non-hydrogen) atoms. The molecule has 9 atom stereocenters. The molecule has 7 heteroatoms. The highest BCUT2D eigenvalue weighted by Crippen LogP contribution is 2.43. The molecule has 7 nitrogen and oxygen atoms in total. The Balaban J connectivity index is 1.21. The minimum atomic E-state index is 0.190. The van der Waals surface area contributed by atoms with E-state index in [2.05, 4.69) is 34.1 Å². The first-order chi connectivity index (χ1) is 14.7. The maximum Gasteiger partial charge on any atom is 0.140 e. The van der Waals surface area contributed by atoms with Gasteiger partial charge in [0.25, 0.3) is 0 Å². The van der Waals surface area contributed by atoms with Crippen LogP contribution in [0.25, 0.3) is 0 Å². The minimum absolute atomic E-state index is 0.190. The summed E-state index contributed by atoms with van der Waals surface area (Å²) >= 11 is 0. The van der Waals surface area contributed by atoms with Crippen LogP contribution in [0.15, 0.2) is 0 Å². The molecule has 0 radical (unpaired) electrons. The third kappa shape index (κ3) is 3.64. The molecule has 1 N–H and O–H groups in total. The fourth-order valence-electron chi connectivity index (χ4n) is 7.37. The first-order valence-electron chi connectivity index (χ1n) is 12.5. The number of nitrogens with one attached hydrogen (secondary N) is 1. The normalized spacial score (nSPS) is 50.8. The second kappa shape index (κ2) is 8.25. The van der Waals surface area contributed by atoms with Crippen molar-refractivity contribution in [3.05, 3.63) is 0 Å². The summed E-state index contributed by atoms with van der Waals surface area (Å²) in [5.74, 6) is 0.755. The van der Waals surface area contributed by atoms with Gasteiger partial charge in [0.05, 0.1) is 37.6 Å². The third-order valence-corrected chi connectivity index (χ3v) is 8.86. The van der Waals surface area contributed by atoms with Gasteiger partial charge in [-0.05, 0) is 65.1 Å². The molecule has 6 heterocycles. The average molecular weight is 421 g/mol. The molecule has 170 valence electrons. The van der Waals surface area contributed by atoms with Gasteiger partial charge in [0.2, 0.25) is 0 Å². The summed E-state index contributed by atoms with van der Waals surface area (Å²) in [6.07, 6.45) is 10.3. The van der Waals surface area contributed by atoms with Crippen LogP contribution in [-0.4, -0.2) is 110 Å². The second-order valence-electron chi connectivity index (χ2n) is 10.7. The van der Waals surface area contributed by atoms with Gasteiger partial charge in [-0.1, -0.05) is 6.42 Å². The molecule has 6 aliphatic rings. The summed E-state index contributed by atoms with van der Waals surface area (Å²) in [4.78, 5) is 7.85. The van der Waals surface area contributed by atoms with E-state index in [0.717, 1.165) is 38.1 Å². The predicted molar refractivity (Wildman–Crippen MR) is 114 cm³/mol. The van der Waals surface area contributed by atoms with Crippen molar-refractivity contribution in [2.45, 2.75) is 93.8 Å². The van der Waals surface area contributed by atoms with Crippen LogP contribution in [0.5, 0.6) is 0 Å². The van der Waals surface area contributed by atoms with E-state index in [9.17, 15) is 0 Å². The van der Waals surface area contributed by atoms with Crippen molar-refractivity contribution < 1.29 is 14.2 Å². The van der Waals surface area contributed by atoms with Gasteiger partial charge in [-0.3, -0.25) is 15.1 Å². The molecule has 0 aliphatic carbocycles. The van der Waals surface area contributed by atoms with Crippen LogP contribution in [-0.2, 0) is 14.2 Å². The Bertz CT molecular complexity index is 623. The lowest BCUT2D eigenvalue weighted by molar-refractivity contribution is -0.160. The van der Waals surface area contributed by atoms with E-state index in [1.165, 1.54) is 51.6 Å². The molecule has 0 amide bonds. The van der Waals surface area contributed by atoms with Crippen LogP contribution >= 0.6 is 0 Å². The van der Waals surface area contributed by atoms with Crippen LogP contribution in [0.4, 0.5) is 0 Å². The second-order valence-corrected chi connectivity index (χ2v) is 10.7. The molecular formula is C23H40N4O3. The Morgan fingerprint density at radius 1 is 0.867 bits per heavy atom. The summed E-state index contributed by atoms with van der Waals surface area (Å²) in [5.41, 5.74) is 0. The molecule has 6 saturated heterocycles. The van der Waals surface area contributed by atoms with Gasteiger partial charge in [-0.2, -0.15) is 0 Å². The molecule has 0 aromatic heterocycles. The van der Waals surface area contributed by atoms with Gasteiger partial charge in [0.1, 0.15) is 12.3 Å². The van der Waals surface area contributed by atoms with E-state index < -0.39 is 0 Å². The number of epoxide rings is 1. The lowest BCUT2D eigenvalue weighted by atomic mass is 9.80. The SMILES string of the molecule is CN1CCCCC1C1CC2NC3CCCC4OCCOC4CN3C3OC3C2N(C)C1. The number of ether oxygens (including phenoxy) is 3. The monoisotopic (exact) mass is 420 g/mol. The van der Waals surface area contributed by atoms with Crippen LogP contribution < -0.4 is 5.32 Å². The van der Waals surface area contributed by atoms with Crippen molar-refractivity contribution in [2.24, 2.45) is 5.92 Å². The summed E-state index contributed by atoms with van der Waals surface area (Å²) in [6, 6.07) is 1.76. The lowest BCUT2D eigenvalue weighted by Gasteiger charge is -2.48.